The number of aromatic amines is 1. The van der Waals surface area contributed by atoms with Crippen molar-refractivity contribution in [3.63, 3.8) is 0 Å². The first-order valence-corrected chi connectivity index (χ1v) is 14.8. The normalized spacial score (nSPS) is 11.7. The Morgan fingerprint density at radius 2 is 1.83 bits per heavy atom. The van der Waals surface area contributed by atoms with Gasteiger partial charge in [0.15, 0.2) is 15.7 Å². The number of hydrogen-bond donors (Lipinski definition) is 4. The Labute approximate surface area is 243 Å². The van der Waals surface area contributed by atoms with Gasteiger partial charge in [0.05, 0.1) is 46.0 Å². The molecule has 11 nitrogen and oxygen atoms in total. The van der Waals surface area contributed by atoms with Gasteiger partial charge in [-0.3, -0.25) is 9.89 Å². The first kappa shape index (κ1) is 30.0. The highest BCUT2D eigenvalue weighted by atomic mass is 35.5. The second-order valence-electron chi connectivity index (χ2n) is 9.95. The Hall–Kier alpha value is -4.00. The lowest BCUT2D eigenvalue weighted by atomic mass is 9.99. The molecule has 4 aromatic rings. The predicted molar refractivity (Wildman–Crippen MR) is 160 cm³/mol. The molecular formula is C28H32ClN7O4S. The number of sulfone groups is 1. The van der Waals surface area contributed by atoms with Crippen molar-refractivity contribution in [2.45, 2.75) is 57.5 Å². The summed E-state index contributed by atoms with van der Waals surface area (Å²) in [6.45, 7) is 9.14. The summed E-state index contributed by atoms with van der Waals surface area (Å²) in [7, 11) is -3.59. The number of amides is 1. The van der Waals surface area contributed by atoms with E-state index in [2.05, 4.69) is 30.8 Å². The van der Waals surface area contributed by atoms with Crippen LogP contribution in [0.25, 0.3) is 11.3 Å². The van der Waals surface area contributed by atoms with Crippen LogP contribution < -0.4 is 16.4 Å². The van der Waals surface area contributed by atoms with Crippen LogP contribution in [0.3, 0.4) is 0 Å². The van der Waals surface area contributed by atoms with Crippen molar-refractivity contribution >= 4 is 50.5 Å². The fourth-order valence-electron chi connectivity index (χ4n) is 3.94. The molecule has 1 amide bonds. The van der Waals surface area contributed by atoms with Crippen LogP contribution in [0, 0.1) is 6.92 Å². The quantitative estimate of drug-likeness (QED) is 0.174. The molecule has 0 saturated carbocycles. The minimum atomic E-state index is -3.59. The number of anilines is 4. The third kappa shape index (κ3) is 6.84. The molecule has 5 N–H and O–H groups in total. The van der Waals surface area contributed by atoms with E-state index < -0.39 is 21.0 Å². The van der Waals surface area contributed by atoms with Gasteiger partial charge in [-0.15, -0.1) is 0 Å². The van der Waals surface area contributed by atoms with Crippen molar-refractivity contribution in [1.82, 2.24) is 20.2 Å². The number of halogens is 1. The van der Waals surface area contributed by atoms with Crippen LogP contribution in [-0.2, 0) is 21.2 Å². The number of primary amides is 1. The highest BCUT2D eigenvalue weighted by molar-refractivity contribution is 7.92. The highest BCUT2D eigenvalue weighted by Gasteiger charge is 2.23. The van der Waals surface area contributed by atoms with E-state index in [4.69, 9.17) is 22.1 Å². The van der Waals surface area contributed by atoms with Crippen LogP contribution in [0.1, 0.15) is 49.3 Å². The van der Waals surface area contributed by atoms with Gasteiger partial charge in [0, 0.05) is 22.5 Å². The SMILES string of the molecule is Cc1cc(-c2cc(COC(C)C)c(Nc3ncc(Cl)c(Nc4ccccc4S(=O)(=O)C(C)C)n3)cc2C(N)=O)n[nH]1. The van der Waals surface area contributed by atoms with Gasteiger partial charge < -0.3 is 21.1 Å². The number of rotatable bonds is 11. The van der Waals surface area contributed by atoms with Crippen molar-refractivity contribution < 1.29 is 17.9 Å². The number of nitrogens with one attached hydrogen (secondary N) is 3. The van der Waals surface area contributed by atoms with E-state index in [1.807, 2.05) is 26.8 Å². The standard InChI is InChI=1S/C28H32ClN7O4S/c1-15(2)40-14-18-11-19(24-10-17(5)35-36-24)20(26(30)37)12-23(18)33-28-31-13-21(29)27(34-28)32-22-8-6-7-9-25(22)41(38,39)16(3)4/h6-13,15-16H,14H2,1-5H3,(H2,30,37)(H,35,36)(H2,31,32,33,34). The maximum absolute atomic E-state index is 12.9. The topological polar surface area (TPSA) is 165 Å². The molecule has 13 heteroatoms. The first-order chi connectivity index (χ1) is 19.4. The second-order valence-corrected chi connectivity index (χ2v) is 12.8. The van der Waals surface area contributed by atoms with Gasteiger partial charge in [0.1, 0.15) is 5.02 Å². The molecule has 41 heavy (non-hydrogen) atoms. The minimum Gasteiger partial charge on any atom is -0.374 e. The Morgan fingerprint density at radius 1 is 1.10 bits per heavy atom. The van der Waals surface area contributed by atoms with Gasteiger partial charge in [-0.1, -0.05) is 23.7 Å². The molecule has 4 rings (SSSR count). The van der Waals surface area contributed by atoms with Gasteiger partial charge in [-0.2, -0.15) is 10.1 Å². The fraction of sp³-hybridized carbons (Fsp3) is 0.286. The van der Waals surface area contributed by atoms with Crippen molar-refractivity contribution in [2.24, 2.45) is 5.73 Å². The van der Waals surface area contributed by atoms with Crippen LogP contribution in [0.4, 0.5) is 23.1 Å². The summed E-state index contributed by atoms with van der Waals surface area (Å²) < 4.78 is 31.7. The largest absolute Gasteiger partial charge is 0.374 e. The lowest BCUT2D eigenvalue weighted by molar-refractivity contribution is 0.0660. The molecular weight excluding hydrogens is 566 g/mol. The van der Waals surface area contributed by atoms with Crippen LogP contribution >= 0.6 is 11.6 Å². The summed E-state index contributed by atoms with van der Waals surface area (Å²) in [5, 5.41) is 12.9. The predicted octanol–water partition coefficient (Wildman–Crippen LogP) is 5.52. The van der Waals surface area contributed by atoms with Gasteiger partial charge in [-0.05, 0) is 65.0 Å². The molecule has 0 aliphatic carbocycles. The van der Waals surface area contributed by atoms with Crippen molar-refractivity contribution in [1.29, 1.82) is 0 Å². The van der Waals surface area contributed by atoms with E-state index in [9.17, 15) is 13.2 Å². The maximum Gasteiger partial charge on any atom is 0.249 e. The van der Waals surface area contributed by atoms with Crippen molar-refractivity contribution in [3.8, 4) is 11.3 Å². The van der Waals surface area contributed by atoms with E-state index in [1.54, 1.807) is 44.2 Å². The summed E-state index contributed by atoms with van der Waals surface area (Å²) in [6.07, 6.45) is 1.33. The lowest BCUT2D eigenvalue weighted by Gasteiger charge is -2.18. The summed E-state index contributed by atoms with van der Waals surface area (Å²) >= 11 is 6.40. The third-order valence-corrected chi connectivity index (χ3v) is 8.61. The number of nitrogens with zero attached hydrogens (tertiary/aromatic N) is 3. The summed E-state index contributed by atoms with van der Waals surface area (Å²) in [4.78, 5) is 21.4. The second kappa shape index (κ2) is 12.2. The van der Waals surface area contributed by atoms with E-state index in [1.165, 1.54) is 12.3 Å². The van der Waals surface area contributed by atoms with Gasteiger partial charge in [0.2, 0.25) is 11.9 Å². The number of hydrogen-bond acceptors (Lipinski definition) is 9. The van der Waals surface area contributed by atoms with Crippen molar-refractivity contribution in [2.75, 3.05) is 10.6 Å². The zero-order valence-electron chi connectivity index (χ0n) is 23.3. The highest BCUT2D eigenvalue weighted by Crippen LogP contribution is 2.33. The Kier molecular flexibility index (Phi) is 8.95. The number of carbonyl (C=O) groups excluding carboxylic acids is 1. The molecule has 216 valence electrons. The van der Waals surface area contributed by atoms with Gasteiger partial charge in [-0.25, -0.2) is 13.4 Å². The lowest BCUT2D eigenvalue weighted by Crippen LogP contribution is -2.16. The smallest absolute Gasteiger partial charge is 0.249 e. The Morgan fingerprint density at radius 3 is 2.46 bits per heavy atom. The summed E-state index contributed by atoms with van der Waals surface area (Å²) in [6, 6.07) is 11.8. The monoisotopic (exact) mass is 597 g/mol. The van der Waals surface area contributed by atoms with Gasteiger partial charge >= 0.3 is 0 Å². The number of carbonyl (C=O) groups is 1. The van der Waals surface area contributed by atoms with E-state index in [0.717, 1.165) is 5.69 Å². The average molecular weight is 598 g/mol. The van der Waals surface area contributed by atoms with Crippen LogP contribution in [0.15, 0.2) is 53.6 Å². The number of aryl methyl sites for hydroxylation is 1. The molecule has 0 aliphatic rings. The Bertz CT molecular complexity index is 1690. The zero-order valence-corrected chi connectivity index (χ0v) is 24.9. The molecule has 2 aromatic heterocycles. The number of para-hydroxylation sites is 1. The molecule has 0 radical (unpaired) electrons. The fourth-order valence-corrected chi connectivity index (χ4v) is 5.28. The first-order valence-electron chi connectivity index (χ1n) is 12.9. The Balaban J connectivity index is 1.75. The van der Waals surface area contributed by atoms with Crippen LogP contribution in [-0.4, -0.2) is 45.8 Å². The third-order valence-electron chi connectivity index (χ3n) is 6.12. The zero-order chi connectivity index (χ0) is 29.9. The molecule has 0 bridgehead atoms. The molecule has 0 fully saturated rings. The molecule has 0 unspecified atom stereocenters. The molecule has 0 atom stereocenters. The number of nitrogens with two attached hydrogens (primary N) is 1. The van der Waals surface area contributed by atoms with Crippen LogP contribution in [0.2, 0.25) is 5.02 Å². The van der Waals surface area contributed by atoms with Gasteiger partial charge in [0.25, 0.3) is 0 Å². The molecule has 2 aromatic carbocycles. The maximum atomic E-state index is 12.9. The summed E-state index contributed by atoms with van der Waals surface area (Å²) in [5.74, 6) is -0.303. The van der Waals surface area contributed by atoms with E-state index >= 15 is 0 Å². The van der Waals surface area contributed by atoms with E-state index in [0.29, 0.717) is 28.2 Å². The number of ether oxygens (including phenoxy) is 1. The molecule has 2 heterocycles. The van der Waals surface area contributed by atoms with E-state index in [-0.39, 0.29) is 40.0 Å². The molecule has 0 saturated heterocycles. The summed E-state index contributed by atoms with van der Waals surface area (Å²) in [5.41, 5.74) is 9.47. The van der Waals surface area contributed by atoms with Crippen molar-refractivity contribution in [3.05, 3.63) is 70.5 Å². The molecule has 0 spiro atoms. The minimum absolute atomic E-state index is 0.0560. The average Bonchev–Trinajstić information content (AvgIpc) is 3.35. The van der Waals surface area contributed by atoms with Crippen LogP contribution in [0.5, 0.6) is 0 Å². The molecule has 0 aliphatic heterocycles. The number of benzene rings is 2. The number of aromatic nitrogens is 4. The number of H-pyrrole nitrogens is 1.